The Bertz CT molecular complexity index is 502. The number of nitrogens with one attached hydrogen (secondary N) is 1. The van der Waals surface area contributed by atoms with E-state index in [0.717, 1.165) is 31.7 Å². The first-order valence-corrected chi connectivity index (χ1v) is 6.24. The van der Waals surface area contributed by atoms with Crippen LogP contribution >= 0.6 is 0 Å². The van der Waals surface area contributed by atoms with Gasteiger partial charge in [-0.15, -0.1) is 0 Å². The smallest absolute Gasteiger partial charge is 0.0703 e. The summed E-state index contributed by atoms with van der Waals surface area (Å²) in [6.45, 7) is 4.43. The van der Waals surface area contributed by atoms with Crippen molar-refractivity contribution < 1.29 is 0 Å². The molecule has 3 heteroatoms. The molecule has 0 bridgehead atoms. The number of nitrogens with zero attached hydrogens (tertiary/aromatic N) is 2. The van der Waals surface area contributed by atoms with Gasteiger partial charge in [0.05, 0.1) is 5.52 Å². The molecule has 2 aromatic rings. The first-order valence-electron chi connectivity index (χ1n) is 6.24. The molecule has 0 unspecified atom stereocenters. The molecule has 0 spiro atoms. The fourth-order valence-electron chi connectivity index (χ4n) is 2.36. The number of hydrogen-bond donors (Lipinski definition) is 1. The number of rotatable bonds is 1. The number of benzene rings is 1. The lowest BCUT2D eigenvalue weighted by molar-refractivity contribution is 0.724. The third-order valence-electron chi connectivity index (χ3n) is 3.29. The van der Waals surface area contributed by atoms with Crippen LogP contribution in [-0.2, 0) is 0 Å². The number of aromatic nitrogens is 1. The number of anilines is 1. The van der Waals surface area contributed by atoms with E-state index in [1.165, 1.54) is 17.5 Å². The quantitative estimate of drug-likeness (QED) is 0.808. The first kappa shape index (κ1) is 10.5. The molecule has 0 aliphatic carbocycles. The Morgan fingerprint density at radius 2 is 2.12 bits per heavy atom. The van der Waals surface area contributed by atoms with Gasteiger partial charge in [0.2, 0.25) is 0 Å². The van der Waals surface area contributed by atoms with Crippen molar-refractivity contribution >= 4 is 16.6 Å². The lowest BCUT2D eigenvalue weighted by Crippen LogP contribution is -2.27. The molecule has 2 heterocycles. The summed E-state index contributed by atoms with van der Waals surface area (Å²) in [6, 6.07) is 10.7. The summed E-state index contributed by atoms with van der Waals surface area (Å²) in [5, 5.41) is 4.65. The van der Waals surface area contributed by atoms with Crippen LogP contribution in [-0.4, -0.2) is 31.2 Å². The average Bonchev–Trinajstić information content (AvgIpc) is 2.67. The van der Waals surface area contributed by atoms with Crippen LogP contribution in [0.15, 0.2) is 36.5 Å². The Morgan fingerprint density at radius 1 is 1.12 bits per heavy atom. The minimum atomic E-state index is 1.07. The second kappa shape index (κ2) is 4.72. The maximum absolute atomic E-state index is 4.36. The zero-order valence-corrected chi connectivity index (χ0v) is 9.89. The van der Waals surface area contributed by atoms with Gasteiger partial charge in [-0.3, -0.25) is 4.98 Å². The van der Waals surface area contributed by atoms with Crippen molar-refractivity contribution in [2.75, 3.05) is 31.1 Å². The molecule has 1 saturated heterocycles. The van der Waals surface area contributed by atoms with E-state index < -0.39 is 0 Å². The highest BCUT2D eigenvalue weighted by Gasteiger charge is 2.09. The normalized spacial score (nSPS) is 17.1. The van der Waals surface area contributed by atoms with Crippen LogP contribution in [0.4, 0.5) is 5.69 Å². The van der Waals surface area contributed by atoms with Gasteiger partial charge in [-0.2, -0.15) is 0 Å². The molecule has 0 radical (unpaired) electrons. The summed E-state index contributed by atoms with van der Waals surface area (Å²) >= 11 is 0. The molecule has 3 nitrogen and oxygen atoms in total. The Morgan fingerprint density at radius 3 is 3.12 bits per heavy atom. The van der Waals surface area contributed by atoms with Crippen molar-refractivity contribution in [2.24, 2.45) is 0 Å². The topological polar surface area (TPSA) is 28.2 Å². The maximum atomic E-state index is 4.36. The number of pyridine rings is 1. The SMILES string of the molecule is c1cnc2ccc(N3CCCNCC3)cc2c1. The van der Waals surface area contributed by atoms with Gasteiger partial charge in [-0.25, -0.2) is 0 Å². The van der Waals surface area contributed by atoms with E-state index in [1.807, 2.05) is 12.3 Å². The van der Waals surface area contributed by atoms with Crippen LogP contribution in [0.2, 0.25) is 0 Å². The highest BCUT2D eigenvalue weighted by atomic mass is 15.2. The molecule has 0 saturated carbocycles. The van der Waals surface area contributed by atoms with Gasteiger partial charge in [0.25, 0.3) is 0 Å². The van der Waals surface area contributed by atoms with Crippen molar-refractivity contribution in [1.82, 2.24) is 10.3 Å². The van der Waals surface area contributed by atoms with E-state index in [4.69, 9.17) is 0 Å². The van der Waals surface area contributed by atoms with Gasteiger partial charge in [-0.05, 0) is 37.2 Å². The Kier molecular flexibility index (Phi) is 2.92. The molecule has 0 amide bonds. The lowest BCUT2D eigenvalue weighted by Gasteiger charge is -2.22. The van der Waals surface area contributed by atoms with E-state index in [1.54, 1.807) is 0 Å². The third kappa shape index (κ3) is 2.24. The van der Waals surface area contributed by atoms with Gasteiger partial charge in [0, 0.05) is 36.9 Å². The summed E-state index contributed by atoms with van der Waals surface area (Å²) in [5.41, 5.74) is 2.39. The Balaban J connectivity index is 1.93. The van der Waals surface area contributed by atoms with Crippen molar-refractivity contribution in [2.45, 2.75) is 6.42 Å². The lowest BCUT2D eigenvalue weighted by atomic mass is 10.2. The average molecular weight is 227 g/mol. The van der Waals surface area contributed by atoms with Crippen LogP contribution in [0.1, 0.15) is 6.42 Å². The first-order chi connectivity index (χ1) is 8.43. The van der Waals surface area contributed by atoms with Gasteiger partial charge < -0.3 is 10.2 Å². The monoisotopic (exact) mass is 227 g/mol. The van der Waals surface area contributed by atoms with Crippen molar-refractivity contribution in [3.05, 3.63) is 36.5 Å². The van der Waals surface area contributed by atoms with Crippen molar-refractivity contribution in [3.63, 3.8) is 0 Å². The highest BCUT2D eigenvalue weighted by Crippen LogP contribution is 2.21. The number of fused-ring (bicyclic) bond motifs is 1. The van der Waals surface area contributed by atoms with Gasteiger partial charge in [-0.1, -0.05) is 6.07 Å². The summed E-state index contributed by atoms with van der Waals surface area (Å²) in [4.78, 5) is 6.81. The van der Waals surface area contributed by atoms with Crippen LogP contribution in [0.25, 0.3) is 10.9 Å². The zero-order valence-electron chi connectivity index (χ0n) is 9.89. The third-order valence-corrected chi connectivity index (χ3v) is 3.29. The second-order valence-corrected chi connectivity index (χ2v) is 4.47. The molecule has 1 fully saturated rings. The van der Waals surface area contributed by atoms with E-state index in [-0.39, 0.29) is 0 Å². The molecule has 1 N–H and O–H groups in total. The zero-order chi connectivity index (χ0) is 11.5. The summed E-state index contributed by atoms with van der Waals surface area (Å²) < 4.78 is 0. The predicted octanol–water partition coefficient (Wildman–Crippen LogP) is 2.03. The molecule has 1 aromatic heterocycles. The van der Waals surface area contributed by atoms with Gasteiger partial charge in [0.1, 0.15) is 0 Å². The van der Waals surface area contributed by atoms with Crippen LogP contribution in [0.5, 0.6) is 0 Å². The minimum Gasteiger partial charge on any atom is -0.370 e. The standard InChI is InChI=1S/C14H17N3/c1-3-12-11-13(4-5-14(12)16-7-1)17-9-2-6-15-8-10-17/h1,3-5,7,11,15H,2,6,8-10H2. The minimum absolute atomic E-state index is 1.07. The van der Waals surface area contributed by atoms with E-state index >= 15 is 0 Å². The van der Waals surface area contributed by atoms with Crippen molar-refractivity contribution in [1.29, 1.82) is 0 Å². The summed E-state index contributed by atoms with van der Waals surface area (Å²) in [6.07, 6.45) is 3.06. The van der Waals surface area contributed by atoms with Crippen LogP contribution < -0.4 is 10.2 Å². The number of hydrogen-bond acceptors (Lipinski definition) is 3. The fraction of sp³-hybridized carbons (Fsp3) is 0.357. The molecule has 1 aliphatic heterocycles. The highest BCUT2D eigenvalue weighted by molar-refractivity contribution is 5.82. The van der Waals surface area contributed by atoms with Crippen LogP contribution in [0, 0.1) is 0 Å². The summed E-state index contributed by atoms with van der Waals surface area (Å²) in [7, 11) is 0. The van der Waals surface area contributed by atoms with Gasteiger partial charge in [0.15, 0.2) is 0 Å². The fourth-order valence-corrected chi connectivity index (χ4v) is 2.36. The predicted molar refractivity (Wildman–Crippen MR) is 71.4 cm³/mol. The Labute approximate surface area is 101 Å². The second-order valence-electron chi connectivity index (χ2n) is 4.47. The summed E-state index contributed by atoms with van der Waals surface area (Å²) in [5.74, 6) is 0. The molecule has 0 atom stereocenters. The maximum Gasteiger partial charge on any atom is 0.0703 e. The molecular weight excluding hydrogens is 210 g/mol. The molecule has 1 aromatic carbocycles. The molecule has 17 heavy (non-hydrogen) atoms. The van der Waals surface area contributed by atoms with E-state index in [2.05, 4.69) is 39.5 Å². The molecule has 1 aliphatic rings. The van der Waals surface area contributed by atoms with Crippen molar-refractivity contribution in [3.8, 4) is 0 Å². The largest absolute Gasteiger partial charge is 0.370 e. The van der Waals surface area contributed by atoms with E-state index in [0.29, 0.717) is 0 Å². The van der Waals surface area contributed by atoms with Gasteiger partial charge >= 0.3 is 0 Å². The molecular formula is C14H17N3. The Hall–Kier alpha value is -1.61. The molecule has 3 rings (SSSR count). The van der Waals surface area contributed by atoms with Crippen LogP contribution in [0.3, 0.4) is 0 Å². The molecule has 88 valence electrons. The van der Waals surface area contributed by atoms with E-state index in [9.17, 15) is 0 Å².